The number of anilines is 1. The van der Waals surface area contributed by atoms with Crippen LogP contribution < -0.4 is 5.73 Å². The Morgan fingerprint density at radius 1 is 0.963 bits per heavy atom. The second kappa shape index (κ2) is 6.66. The van der Waals surface area contributed by atoms with Crippen molar-refractivity contribution in [1.82, 2.24) is 4.57 Å². The van der Waals surface area contributed by atoms with Crippen LogP contribution in [0.25, 0.3) is 26.9 Å². The molecule has 0 unspecified atom stereocenters. The predicted molar refractivity (Wildman–Crippen MR) is 113 cm³/mol. The van der Waals surface area contributed by atoms with Crippen molar-refractivity contribution >= 4 is 22.3 Å². The third kappa shape index (κ3) is 3.07. The van der Waals surface area contributed by atoms with Crippen LogP contribution in [0.15, 0.2) is 66.9 Å². The summed E-state index contributed by atoms with van der Waals surface area (Å²) in [4.78, 5) is 3.61. The van der Waals surface area contributed by atoms with Crippen LogP contribution in [0.5, 0.6) is 0 Å². The summed E-state index contributed by atoms with van der Waals surface area (Å²) in [6.07, 6.45) is 2.18. The van der Waals surface area contributed by atoms with Crippen LogP contribution >= 0.6 is 0 Å². The van der Waals surface area contributed by atoms with Crippen molar-refractivity contribution in [2.45, 2.75) is 20.4 Å². The third-order valence-corrected chi connectivity index (χ3v) is 5.13. The Labute approximate surface area is 159 Å². The van der Waals surface area contributed by atoms with Gasteiger partial charge in [-0.15, -0.1) is 0 Å². The molecule has 0 aliphatic rings. The molecule has 132 valence electrons. The molecule has 4 aromatic rings. The molecule has 4 rings (SSSR count). The van der Waals surface area contributed by atoms with E-state index in [2.05, 4.69) is 52.9 Å². The molecule has 2 N–H and O–H groups in total. The summed E-state index contributed by atoms with van der Waals surface area (Å²) in [5.41, 5.74) is 14.5. The van der Waals surface area contributed by atoms with Crippen LogP contribution in [-0.4, -0.2) is 4.57 Å². The Morgan fingerprint density at radius 2 is 1.74 bits per heavy atom. The number of aromatic nitrogens is 1. The summed E-state index contributed by atoms with van der Waals surface area (Å²) >= 11 is 0. The number of aryl methyl sites for hydroxylation is 1. The predicted octanol–water partition coefficient (Wildman–Crippen LogP) is 6.11. The second-order valence-electron chi connectivity index (χ2n) is 6.99. The number of fused-ring (bicyclic) bond motifs is 1. The molecule has 27 heavy (non-hydrogen) atoms. The number of nitrogens with two attached hydrogens (primary N) is 1. The average molecular weight is 351 g/mol. The maximum Gasteiger partial charge on any atom is 0.188 e. The molecule has 0 aliphatic heterocycles. The maximum atomic E-state index is 7.37. The molecule has 3 heteroatoms. The van der Waals surface area contributed by atoms with Gasteiger partial charge in [-0.3, -0.25) is 0 Å². The zero-order valence-corrected chi connectivity index (χ0v) is 15.5. The third-order valence-electron chi connectivity index (χ3n) is 5.13. The van der Waals surface area contributed by atoms with Gasteiger partial charge in [0.15, 0.2) is 5.69 Å². The lowest BCUT2D eigenvalue weighted by Crippen LogP contribution is -1.97. The van der Waals surface area contributed by atoms with E-state index >= 15 is 0 Å². The van der Waals surface area contributed by atoms with E-state index in [9.17, 15) is 0 Å². The van der Waals surface area contributed by atoms with Gasteiger partial charge in [-0.25, -0.2) is 4.85 Å². The molecular formula is C24H21N3. The molecule has 0 saturated heterocycles. The molecule has 3 nitrogen and oxygen atoms in total. The first-order valence-electron chi connectivity index (χ1n) is 8.98. The van der Waals surface area contributed by atoms with Gasteiger partial charge < -0.3 is 10.3 Å². The highest BCUT2D eigenvalue weighted by Gasteiger charge is 2.14. The van der Waals surface area contributed by atoms with Crippen molar-refractivity contribution in [2.75, 3.05) is 5.73 Å². The Balaban J connectivity index is 1.92. The smallest absolute Gasteiger partial charge is 0.188 e. The zero-order chi connectivity index (χ0) is 19.0. The zero-order valence-electron chi connectivity index (χ0n) is 15.5. The van der Waals surface area contributed by atoms with E-state index in [4.69, 9.17) is 12.3 Å². The molecule has 3 aromatic carbocycles. The van der Waals surface area contributed by atoms with Gasteiger partial charge in [-0.1, -0.05) is 48.0 Å². The Hall–Kier alpha value is -3.51. The van der Waals surface area contributed by atoms with Crippen LogP contribution in [-0.2, 0) is 6.54 Å². The average Bonchev–Trinajstić information content (AvgIpc) is 3.03. The number of hydrogen-bond acceptors (Lipinski definition) is 1. The lowest BCUT2D eigenvalue weighted by atomic mass is 9.99. The Morgan fingerprint density at radius 3 is 2.48 bits per heavy atom. The molecule has 0 spiro atoms. The van der Waals surface area contributed by atoms with E-state index in [0.29, 0.717) is 5.69 Å². The number of rotatable bonds is 3. The molecule has 0 atom stereocenters. The van der Waals surface area contributed by atoms with E-state index in [1.165, 1.54) is 11.1 Å². The topological polar surface area (TPSA) is 35.3 Å². The fourth-order valence-corrected chi connectivity index (χ4v) is 3.54. The highest BCUT2D eigenvalue weighted by Crippen LogP contribution is 2.36. The molecule has 0 fully saturated rings. The summed E-state index contributed by atoms with van der Waals surface area (Å²) in [7, 11) is 0. The highest BCUT2D eigenvalue weighted by atomic mass is 15.0. The summed E-state index contributed by atoms with van der Waals surface area (Å²) in [5.74, 6) is 0. The Kier molecular flexibility index (Phi) is 4.18. The van der Waals surface area contributed by atoms with E-state index in [1.807, 2.05) is 37.3 Å². The standard InChI is InChI=1S/C24H21N3/c1-16-7-9-18(10-8-16)14-27-15-22(20-5-4-6-23(25)17(20)2)21-13-19(26-3)11-12-24(21)27/h4-13,15H,14,25H2,1-2H3. The van der Waals surface area contributed by atoms with Crippen molar-refractivity contribution < 1.29 is 0 Å². The summed E-state index contributed by atoms with van der Waals surface area (Å²) in [6, 6.07) is 20.5. The van der Waals surface area contributed by atoms with Gasteiger partial charge in [0.25, 0.3) is 0 Å². The molecule has 1 aromatic heterocycles. The second-order valence-corrected chi connectivity index (χ2v) is 6.99. The minimum Gasteiger partial charge on any atom is -0.398 e. The lowest BCUT2D eigenvalue weighted by molar-refractivity contribution is 0.837. The van der Waals surface area contributed by atoms with Crippen molar-refractivity contribution in [2.24, 2.45) is 0 Å². The van der Waals surface area contributed by atoms with Gasteiger partial charge in [0, 0.05) is 29.5 Å². The van der Waals surface area contributed by atoms with E-state index in [-0.39, 0.29) is 0 Å². The van der Waals surface area contributed by atoms with Gasteiger partial charge in [-0.05, 0) is 54.1 Å². The van der Waals surface area contributed by atoms with Gasteiger partial charge >= 0.3 is 0 Å². The largest absolute Gasteiger partial charge is 0.398 e. The number of hydrogen-bond donors (Lipinski definition) is 1. The normalized spacial score (nSPS) is 10.9. The maximum absolute atomic E-state index is 7.37. The molecule has 0 saturated carbocycles. The molecule has 0 aliphatic carbocycles. The first-order chi connectivity index (χ1) is 13.1. The molecule has 1 heterocycles. The van der Waals surface area contributed by atoms with Crippen LogP contribution in [0.4, 0.5) is 11.4 Å². The van der Waals surface area contributed by atoms with Crippen molar-refractivity contribution in [3.8, 4) is 11.1 Å². The van der Waals surface area contributed by atoms with Crippen molar-refractivity contribution in [3.63, 3.8) is 0 Å². The minimum atomic E-state index is 0.651. The van der Waals surface area contributed by atoms with Crippen LogP contribution in [0, 0.1) is 20.4 Å². The van der Waals surface area contributed by atoms with E-state index in [0.717, 1.165) is 39.8 Å². The van der Waals surface area contributed by atoms with Gasteiger partial charge in [0.1, 0.15) is 0 Å². The van der Waals surface area contributed by atoms with Crippen LogP contribution in [0.1, 0.15) is 16.7 Å². The van der Waals surface area contributed by atoms with Gasteiger partial charge in [0.2, 0.25) is 0 Å². The number of benzene rings is 3. The van der Waals surface area contributed by atoms with Gasteiger partial charge in [-0.2, -0.15) is 0 Å². The first kappa shape index (κ1) is 16.9. The van der Waals surface area contributed by atoms with Crippen molar-refractivity contribution in [3.05, 3.63) is 95.0 Å². The minimum absolute atomic E-state index is 0.651. The fraction of sp³-hybridized carbons (Fsp3) is 0.125. The number of nitrogen functional groups attached to an aromatic ring is 1. The SMILES string of the molecule is [C-]#[N+]c1ccc2c(c1)c(-c1cccc(N)c1C)cn2Cc1ccc(C)cc1. The van der Waals surface area contributed by atoms with E-state index in [1.54, 1.807) is 0 Å². The molecule has 0 radical (unpaired) electrons. The molecular weight excluding hydrogens is 330 g/mol. The van der Waals surface area contributed by atoms with Gasteiger partial charge in [0.05, 0.1) is 6.57 Å². The summed E-state index contributed by atoms with van der Waals surface area (Å²) < 4.78 is 2.26. The highest BCUT2D eigenvalue weighted by molar-refractivity contribution is 5.99. The quantitative estimate of drug-likeness (QED) is 0.351. The fourth-order valence-electron chi connectivity index (χ4n) is 3.54. The van der Waals surface area contributed by atoms with Crippen LogP contribution in [0.3, 0.4) is 0 Å². The number of nitrogens with zero attached hydrogens (tertiary/aromatic N) is 2. The molecule has 0 amide bonds. The molecule has 0 bridgehead atoms. The van der Waals surface area contributed by atoms with Crippen LogP contribution in [0.2, 0.25) is 0 Å². The first-order valence-corrected chi connectivity index (χ1v) is 8.98. The summed E-state index contributed by atoms with van der Waals surface area (Å²) in [5, 5.41) is 1.09. The summed E-state index contributed by atoms with van der Waals surface area (Å²) in [6.45, 7) is 12.3. The lowest BCUT2D eigenvalue weighted by Gasteiger charge is -2.07. The Bertz CT molecular complexity index is 1170. The van der Waals surface area contributed by atoms with E-state index < -0.39 is 0 Å². The van der Waals surface area contributed by atoms with Crippen molar-refractivity contribution in [1.29, 1.82) is 0 Å². The monoisotopic (exact) mass is 351 g/mol.